The van der Waals surface area contributed by atoms with Gasteiger partial charge in [0.05, 0.1) is 11.4 Å². The highest BCUT2D eigenvalue weighted by molar-refractivity contribution is 6.20. The molecular formula is C22H22N2. The Kier molecular flexibility index (Phi) is 4.37. The molecule has 2 aromatic rings. The summed E-state index contributed by atoms with van der Waals surface area (Å²) in [4.78, 5) is 0. The van der Waals surface area contributed by atoms with Gasteiger partial charge in [-0.25, -0.2) is 0 Å². The van der Waals surface area contributed by atoms with Crippen LogP contribution in [0.5, 0.6) is 0 Å². The first kappa shape index (κ1) is 15.1. The predicted molar refractivity (Wildman–Crippen MR) is 101 cm³/mol. The zero-order valence-electron chi connectivity index (χ0n) is 13.9. The maximum Gasteiger partial charge on any atom is 0.0964 e. The Balaban J connectivity index is 1.83. The fraction of sp³-hybridized carbons (Fsp3) is 0.273. The Morgan fingerprint density at radius 2 is 1.42 bits per heavy atom. The maximum absolute atomic E-state index is 4.68. The van der Waals surface area contributed by atoms with Gasteiger partial charge in [0, 0.05) is 11.5 Å². The van der Waals surface area contributed by atoms with Crippen molar-refractivity contribution in [1.82, 2.24) is 0 Å². The molecule has 0 unspecified atom stereocenters. The molecule has 24 heavy (non-hydrogen) atoms. The molecule has 0 bridgehead atoms. The van der Waals surface area contributed by atoms with Gasteiger partial charge >= 0.3 is 0 Å². The highest BCUT2D eigenvalue weighted by atomic mass is 15.2. The van der Waals surface area contributed by atoms with Crippen LogP contribution in [0.25, 0.3) is 0 Å². The van der Waals surface area contributed by atoms with Gasteiger partial charge in [0.25, 0.3) is 0 Å². The van der Waals surface area contributed by atoms with Crippen LogP contribution in [0.3, 0.4) is 0 Å². The van der Waals surface area contributed by atoms with Crippen molar-refractivity contribution in [2.45, 2.75) is 32.1 Å². The van der Waals surface area contributed by atoms with Gasteiger partial charge in [-0.1, -0.05) is 79.6 Å². The summed E-state index contributed by atoms with van der Waals surface area (Å²) in [5, 5.41) is 9.33. The molecule has 2 heteroatoms. The first-order valence-corrected chi connectivity index (χ1v) is 8.90. The van der Waals surface area contributed by atoms with E-state index in [1.165, 1.54) is 36.0 Å². The molecule has 0 aromatic heterocycles. The topological polar surface area (TPSA) is 24.7 Å². The summed E-state index contributed by atoms with van der Waals surface area (Å²) in [7, 11) is 0. The molecule has 0 saturated carbocycles. The molecule has 1 heterocycles. The molecule has 0 saturated heterocycles. The van der Waals surface area contributed by atoms with E-state index in [0.717, 1.165) is 24.3 Å². The van der Waals surface area contributed by atoms with Crippen molar-refractivity contribution < 1.29 is 0 Å². The van der Waals surface area contributed by atoms with Crippen LogP contribution < -0.4 is 0 Å². The van der Waals surface area contributed by atoms with E-state index < -0.39 is 0 Å². The molecule has 0 fully saturated rings. The molecule has 2 aromatic carbocycles. The number of hydrogen-bond acceptors (Lipinski definition) is 2. The first-order valence-electron chi connectivity index (χ1n) is 8.90. The Bertz CT molecular complexity index is 785. The van der Waals surface area contributed by atoms with E-state index in [1.807, 2.05) is 0 Å². The smallest absolute Gasteiger partial charge is 0.0964 e. The van der Waals surface area contributed by atoms with Crippen LogP contribution in [0.2, 0.25) is 0 Å². The Labute approximate surface area is 143 Å². The largest absolute Gasteiger partial charge is 0.154 e. The summed E-state index contributed by atoms with van der Waals surface area (Å²) in [6, 6.07) is 21.0. The Morgan fingerprint density at radius 3 is 2.17 bits per heavy atom. The number of benzene rings is 2. The second kappa shape index (κ2) is 6.96. The quantitative estimate of drug-likeness (QED) is 0.709. The Hall–Kier alpha value is -2.48. The normalized spacial score (nSPS) is 20.8. The minimum Gasteiger partial charge on any atom is -0.154 e. The van der Waals surface area contributed by atoms with Gasteiger partial charge in [0.1, 0.15) is 0 Å². The molecule has 4 rings (SSSR count). The standard InChI is InChI=1S/C22H22N2/c1-2-10-16-20-19(15-9-1)21(17-11-5-3-6-12-17)23-24-22(20)18-13-7-4-8-14-18/h3-8,11-15,20H,1-2,9-10,16H2/t20-/m0/s1. The third-order valence-electron chi connectivity index (χ3n) is 4.91. The lowest BCUT2D eigenvalue weighted by Crippen LogP contribution is -2.27. The third kappa shape index (κ3) is 2.96. The van der Waals surface area contributed by atoms with Gasteiger partial charge in [0.15, 0.2) is 0 Å². The fourth-order valence-corrected chi connectivity index (χ4v) is 3.69. The lowest BCUT2D eigenvalue weighted by atomic mass is 9.79. The molecule has 1 aliphatic heterocycles. The summed E-state index contributed by atoms with van der Waals surface area (Å²) >= 11 is 0. The van der Waals surface area contributed by atoms with E-state index >= 15 is 0 Å². The minimum atomic E-state index is 0.361. The van der Waals surface area contributed by atoms with Crippen LogP contribution in [-0.2, 0) is 0 Å². The van der Waals surface area contributed by atoms with Crippen LogP contribution in [0.15, 0.2) is 82.5 Å². The van der Waals surface area contributed by atoms with E-state index in [9.17, 15) is 0 Å². The van der Waals surface area contributed by atoms with Crippen molar-refractivity contribution in [1.29, 1.82) is 0 Å². The van der Waals surface area contributed by atoms with Gasteiger partial charge in [0.2, 0.25) is 0 Å². The summed E-state index contributed by atoms with van der Waals surface area (Å²) in [6.07, 6.45) is 8.55. The lowest BCUT2D eigenvalue weighted by Gasteiger charge is -2.28. The molecule has 0 radical (unpaired) electrons. The molecule has 120 valence electrons. The van der Waals surface area contributed by atoms with Gasteiger partial charge in [-0.05, 0) is 30.4 Å². The van der Waals surface area contributed by atoms with E-state index in [0.29, 0.717) is 5.92 Å². The van der Waals surface area contributed by atoms with Crippen molar-refractivity contribution in [2.24, 2.45) is 16.1 Å². The molecule has 2 aliphatic rings. The predicted octanol–water partition coefficient (Wildman–Crippen LogP) is 5.40. The summed E-state index contributed by atoms with van der Waals surface area (Å²) < 4.78 is 0. The number of nitrogens with zero attached hydrogens (tertiary/aromatic N) is 2. The van der Waals surface area contributed by atoms with Crippen LogP contribution in [0, 0.1) is 5.92 Å². The summed E-state index contributed by atoms with van der Waals surface area (Å²) in [6.45, 7) is 0. The second-order valence-electron chi connectivity index (χ2n) is 6.52. The molecule has 1 atom stereocenters. The summed E-state index contributed by atoms with van der Waals surface area (Å²) in [5.41, 5.74) is 5.93. The number of hydrogen-bond donors (Lipinski definition) is 0. The van der Waals surface area contributed by atoms with Crippen molar-refractivity contribution in [3.8, 4) is 0 Å². The molecule has 0 N–H and O–H groups in total. The number of allylic oxidation sites excluding steroid dienone is 2. The third-order valence-corrected chi connectivity index (χ3v) is 4.91. The van der Waals surface area contributed by atoms with E-state index in [2.05, 4.69) is 76.9 Å². The van der Waals surface area contributed by atoms with E-state index in [4.69, 9.17) is 0 Å². The van der Waals surface area contributed by atoms with Crippen LogP contribution in [-0.4, -0.2) is 11.4 Å². The van der Waals surface area contributed by atoms with Gasteiger partial charge < -0.3 is 0 Å². The van der Waals surface area contributed by atoms with Crippen molar-refractivity contribution >= 4 is 11.4 Å². The number of fused-ring (bicyclic) bond motifs is 1. The molecular weight excluding hydrogens is 292 g/mol. The van der Waals surface area contributed by atoms with Gasteiger partial charge in [-0.3, -0.25) is 0 Å². The highest BCUT2D eigenvalue weighted by Crippen LogP contribution is 2.33. The second-order valence-corrected chi connectivity index (χ2v) is 6.52. The van der Waals surface area contributed by atoms with Crippen LogP contribution in [0.4, 0.5) is 0 Å². The van der Waals surface area contributed by atoms with Gasteiger partial charge in [-0.15, -0.1) is 5.10 Å². The SMILES string of the molecule is C1=C2C(c3ccccc3)=NN=C(c3ccccc3)[C@H]2CCCCC1. The first-order chi connectivity index (χ1) is 11.9. The van der Waals surface area contributed by atoms with Gasteiger partial charge in [-0.2, -0.15) is 5.10 Å². The Morgan fingerprint density at radius 1 is 0.708 bits per heavy atom. The van der Waals surface area contributed by atoms with E-state index in [1.54, 1.807) is 0 Å². The van der Waals surface area contributed by atoms with Crippen LogP contribution in [0.1, 0.15) is 43.2 Å². The van der Waals surface area contributed by atoms with E-state index in [-0.39, 0.29) is 0 Å². The van der Waals surface area contributed by atoms with Crippen molar-refractivity contribution in [2.75, 3.05) is 0 Å². The zero-order valence-corrected chi connectivity index (χ0v) is 13.9. The fourth-order valence-electron chi connectivity index (χ4n) is 3.69. The molecule has 1 aliphatic carbocycles. The lowest BCUT2D eigenvalue weighted by molar-refractivity contribution is 0.586. The number of rotatable bonds is 2. The molecule has 0 amide bonds. The zero-order chi connectivity index (χ0) is 16.2. The monoisotopic (exact) mass is 314 g/mol. The molecule has 2 nitrogen and oxygen atoms in total. The van der Waals surface area contributed by atoms with Crippen LogP contribution >= 0.6 is 0 Å². The van der Waals surface area contributed by atoms with Crippen molar-refractivity contribution in [3.63, 3.8) is 0 Å². The molecule has 0 spiro atoms. The average molecular weight is 314 g/mol. The summed E-state index contributed by atoms with van der Waals surface area (Å²) in [5.74, 6) is 0.361. The highest BCUT2D eigenvalue weighted by Gasteiger charge is 2.29. The average Bonchev–Trinajstić information content (AvgIpc) is 2.63. The van der Waals surface area contributed by atoms with Crippen molar-refractivity contribution in [3.05, 3.63) is 83.4 Å². The maximum atomic E-state index is 4.68. The minimum absolute atomic E-state index is 0.361.